The largest absolute Gasteiger partial charge is 0.336 e. The van der Waals surface area contributed by atoms with Crippen LogP contribution in [0.25, 0.3) is 0 Å². The van der Waals surface area contributed by atoms with Crippen molar-refractivity contribution in [1.82, 2.24) is 20.1 Å². The normalized spacial score (nSPS) is 26.7. The number of likely N-dealkylation sites (tertiary alicyclic amines) is 1. The second-order valence-corrected chi connectivity index (χ2v) is 4.02. The summed E-state index contributed by atoms with van der Waals surface area (Å²) < 4.78 is 0. The van der Waals surface area contributed by atoms with E-state index in [0.29, 0.717) is 24.8 Å². The van der Waals surface area contributed by atoms with E-state index >= 15 is 0 Å². The third-order valence-corrected chi connectivity index (χ3v) is 2.88. The Balaban J connectivity index is 2.03. The van der Waals surface area contributed by atoms with Gasteiger partial charge in [0.1, 0.15) is 6.33 Å². The van der Waals surface area contributed by atoms with Gasteiger partial charge in [-0.1, -0.05) is 6.92 Å². The van der Waals surface area contributed by atoms with Crippen molar-refractivity contribution in [1.29, 1.82) is 0 Å². The Kier molecular flexibility index (Phi) is 2.68. The molecule has 1 saturated heterocycles. The number of hydrogen-bond donors (Lipinski definition) is 2. The number of carbonyl (C=O) groups excluding carboxylic acids is 1. The fraction of sp³-hybridized carbons (Fsp3) is 0.667. The van der Waals surface area contributed by atoms with Gasteiger partial charge in [-0.05, 0) is 12.3 Å². The third kappa shape index (κ3) is 1.99. The Morgan fingerprint density at radius 2 is 2.53 bits per heavy atom. The van der Waals surface area contributed by atoms with Crippen LogP contribution in [0.15, 0.2) is 6.33 Å². The number of carbonyl (C=O) groups is 1. The highest BCUT2D eigenvalue weighted by molar-refractivity contribution is 5.90. The highest BCUT2D eigenvalue weighted by Crippen LogP contribution is 2.15. The summed E-state index contributed by atoms with van der Waals surface area (Å²) in [6.07, 6.45) is 2.19. The van der Waals surface area contributed by atoms with Crippen LogP contribution in [0.2, 0.25) is 0 Å². The third-order valence-electron chi connectivity index (χ3n) is 2.88. The molecule has 1 aliphatic rings. The number of nitrogens with zero attached hydrogens (tertiary/aromatic N) is 3. The van der Waals surface area contributed by atoms with Crippen LogP contribution in [0.5, 0.6) is 0 Å². The fourth-order valence-electron chi connectivity index (χ4n) is 1.81. The van der Waals surface area contributed by atoms with Gasteiger partial charge in [0, 0.05) is 19.1 Å². The first-order chi connectivity index (χ1) is 7.18. The van der Waals surface area contributed by atoms with E-state index in [1.54, 1.807) is 4.90 Å². The number of hydrogen-bond acceptors (Lipinski definition) is 4. The number of H-pyrrole nitrogens is 1. The first kappa shape index (κ1) is 10.1. The number of nitrogens with two attached hydrogens (primary N) is 1. The van der Waals surface area contributed by atoms with Crippen molar-refractivity contribution in [3.8, 4) is 0 Å². The van der Waals surface area contributed by atoms with Crippen molar-refractivity contribution in [2.45, 2.75) is 19.4 Å². The lowest BCUT2D eigenvalue weighted by Crippen LogP contribution is -2.48. The van der Waals surface area contributed by atoms with Crippen LogP contribution in [0, 0.1) is 5.92 Å². The lowest BCUT2D eigenvalue weighted by atomic mass is 9.95. The Labute approximate surface area is 87.9 Å². The van der Waals surface area contributed by atoms with Gasteiger partial charge in [0.05, 0.1) is 0 Å². The van der Waals surface area contributed by atoms with Crippen molar-refractivity contribution in [3.63, 3.8) is 0 Å². The molecule has 3 N–H and O–H groups in total. The van der Waals surface area contributed by atoms with Crippen molar-refractivity contribution >= 4 is 5.91 Å². The van der Waals surface area contributed by atoms with Gasteiger partial charge in [-0.3, -0.25) is 9.89 Å². The number of amides is 1. The van der Waals surface area contributed by atoms with E-state index in [0.717, 1.165) is 6.42 Å². The monoisotopic (exact) mass is 209 g/mol. The zero-order valence-electron chi connectivity index (χ0n) is 8.68. The predicted octanol–water partition coefficient (Wildman–Crippen LogP) is -0.386. The minimum Gasteiger partial charge on any atom is -0.336 e. The molecular weight excluding hydrogens is 194 g/mol. The minimum absolute atomic E-state index is 0.0914. The number of piperidine rings is 1. The standard InChI is InChI=1S/C9H15N5O/c1-6-4-14(3-2-7(6)10)9(15)8-11-5-12-13-8/h5-7H,2-4,10H2,1H3,(H,11,12,13). The van der Waals surface area contributed by atoms with Gasteiger partial charge in [-0.2, -0.15) is 5.10 Å². The molecule has 0 spiro atoms. The molecule has 1 aromatic rings. The maximum absolute atomic E-state index is 11.9. The Bertz CT molecular complexity index is 336. The van der Waals surface area contributed by atoms with Crippen molar-refractivity contribution in [2.24, 2.45) is 11.7 Å². The molecule has 2 rings (SSSR count). The molecule has 1 aliphatic heterocycles. The Morgan fingerprint density at radius 3 is 3.13 bits per heavy atom. The van der Waals surface area contributed by atoms with Crippen LogP contribution in [-0.4, -0.2) is 45.1 Å². The molecule has 2 unspecified atom stereocenters. The molecule has 6 heteroatoms. The zero-order chi connectivity index (χ0) is 10.8. The number of aromatic amines is 1. The highest BCUT2D eigenvalue weighted by atomic mass is 16.2. The van der Waals surface area contributed by atoms with Gasteiger partial charge in [-0.15, -0.1) is 0 Å². The van der Waals surface area contributed by atoms with Gasteiger partial charge in [0.15, 0.2) is 0 Å². The van der Waals surface area contributed by atoms with Crippen LogP contribution in [0.1, 0.15) is 24.0 Å². The lowest BCUT2D eigenvalue weighted by Gasteiger charge is -2.34. The van der Waals surface area contributed by atoms with E-state index in [2.05, 4.69) is 22.1 Å². The molecule has 6 nitrogen and oxygen atoms in total. The van der Waals surface area contributed by atoms with E-state index in [9.17, 15) is 4.79 Å². The number of rotatable bonds is 1. The topological polar surface area (TPSA) is 87.9 Å². The number of nitrogens with one attached hydrogen (secondary N) is 1. The van der Waals surface area contributed by atoms with Crippen molar-refractivity contribution in [2.75, 3.05) is 13.1 Å². The van der Waals surface area contributed by atoms with Crippen LogP contribution in [0.3, 0.4) is 0 Å². The predicted molar refractivity (Wildman–Crippen MR) is 54.0 cm³/mol. The van der Waals surface area contributed by atoms with Crippen molar-refractivity contribution < 1.29 is 4.79 Å². The summed E-state index contributed by atoms with van der Waals surface area (Å²) in [6.45, 7) is 3.45. The van der Waals surface area contributed by atoms with Gasteiger partial charge in [-0.25, -0.2) is 4.98 Å². The first-order valence-corrected chi connectivity index (χ1v) is 5.08. The van der Waals surface area contributed by atoms with Gasteiger partial charge < -0.3 is 10.6 Å². The Hall–Kier alpha value is -1.43. The molecule has 0 radical (unpaired) electrons. The molecule has 0 bridgehead atoms. The van der Waals surface area contributed by atoms with E-state index in [1.165, 1.54) is 6.33 Å². The molecule has 0 saturated carbocycles. The molecule has 2 heterocycles. The maximum atomic E-state index is 11.9. The second-order valence-electron chi connectivity index (χ2n) is 4.02. The molecule has 0 aromatic carbocycles. The summed E-state index contributed by atoms with van der Waals surface area (Å²) in [5.74, 6) is 0.551. The maximum Gasteiger partial charge on any atom is 0.291 e. The van der Waals surface area contributed by atoms with Gasteiger partial charge in [0.2, 0.25) is 5.82 Å². The summed E-state index contributed by atoms with van der Waals surface area (Å²) in [5, 5.41) is 6.24. The van der Waals surface area contributed by atoms with Crippen molar-refractivity contribution in [3.05, 3.63) is 12.2 Å². The fourth-order valence-corrected chi connectivity index (χ4v) is 1.81. The molecule has 1 aromatic heterocycles. The summed E-state index contributed by atoms with van der Waals surface area (Å²) >= 11 is 0. The highest BCUT2D eigenvalue weighted by Gasteiger charge is 2.27. The van der Waals surface area contributed by atoms with Gasteiger partial charge >= 0.3 is 0 Å². The average molecular weight is 209 g/mol. The van der Waals surface area contributed by atoms with Crippen LogP contribution in [-0.2, 0) is 0 Å². The smallest absolute Gasteiger partial charge is 0.291 e. The summed E-state index contributed by atoms with van der Waals surface area (Å²) in [6, 6.07) is 0.198. The van der Waals surface area contributed by atoms with E-state index in [-0.39, 0.29) is 11.9 Å². The molecule has 15 heavy (non-hydrogen) atoms. The quantitative estimate of drug-likeness (QED) is 0.659. The molecule has 82 valence electrons. The minimum atomic E-state index is -0.0914. The van der Waals surface area contributed by atoms with E-state index in [4.69, 9.17) is 5.73 Å². The molecule has 2 atom stereocenters. The van der Waals surface area contributed by atoms with Gasteiger partial charge in [0.25, 0.3) is 5.91 Å². The summed E-state index contributed by atoms with van der Waals surface area (Å²) in [4.78, 5) is 17.5. The van der Waals surface area contributed by atoms with E-state index < -0.39 is 0 Å². The molecule has 1 amide bonds. The lowest BCUT2D eigenvalue weighted by molar-refractivity contribution is 0.0652. The second kappa shape index (κ2) is 3.98. The zero-order valence-corrected chi connectivity index (χ0v) is 8.68. The van der Waals surface area contributed by atoms with E-state index in [1.807, 2.05) is 0 Å². The molecule has 1 fully saturated rings. The SMILES string of the molecule is CC1CN(C(=O)c2ncn[nH]2)CCC1N. The Morgan fingerprint density at radius 1 is 1.73 bits per heavy atom. The first-order valence-electron chi connectivity index (χ1n) is 5.08. The van der Waals surface area contributed by atoms with Crippen LogP contribution >= 0.6 is 0 Å². The summed E-state index contributed by atoms with van der Waals surface area (Å²) in [7, 11) is 0. The average Bonchev–Trinajstić information content (AvgIpc) is 2.74. The summed E-state index contributed by atoms with van der Waals surface area (Å²) in [5.41, 5.74) is 5.89. The number of aromatic nitrogens is 3. The van der Waals surface area contributed by atoms with Crippen LogP contribution < -0.4 is 5.73 Å². The van der Waals surface area contributed by atoms with Crippen LogP contribution in [0.4, 0.5) is 0 Å². The molecule has 0 aliphatic carbocycles. The molecular formula is C9H15N5O.